The third-order valence-electron chi connectivity index (χ3n) is 3.89. The molecule has 9 heteroatoms. The van der Waals surface area contributed by atoms with Gasteiger partial charge in [0, 0.05) is 22.9 Å². The van der Waals surface area contributed by atoms with Crippen LogP contribution in [0.4, 0.5) is 10.8 Å². The molecule has 0 fully saturated rings. The van der Waals surface area contributed by atoms with E-state index >= 15 is 0 Å². The van der Waals surface area contributed by atoms with Crippen molar-refractivity contribution in [1.29, 1.82) is 0 Å². The minimum Gasteiger partial charge on any atom is -0.323 e. The van der Waals surface area contributed by atoms with E-state index in [1.807, 2.05) is 36.4 Å². The Labute approximate surface area is 157 Å². The molecule has 4 rings (SSSR count). The van der Waals surface area contributed by atoms with Crippen LogP contribution in [0.3, 0.4) is 0 Å². The van der Waals surface area contributed by atoms with Gasteiger partial charge in [-0.1, -0.05) is 35.2 Å². The van der Waals surface area contributed by atoms with Gasteiger partial charge in [0.1, 0.15) is 5.01 Å². The number of nitrogens with zero attached hydrogens (tertiary/aromatic N) is 3. The first-order valence-corrected chi connectivity index (χ1v) is 9.34. The van der Waals surface area contributed by atoms with Gasteiger partial charge in [0.15, 0.2) is 4.75 Å². The van der Waals surface area contributed by atoms with Crippen LogP contribution in [0.2, 0.25) is 0 Å². The van der Waals surface area contributed by atoms with E-state index in [1.165, 1.54) is 23.1 Å². The maximum atomic E-state index is 12.8. The van der Waals surface area contributed by atoms with Gasteiger partial charge in [-0.25, -0.2) is 0 Å². The third-order valence-corrected chi connectivity index (χ3v) is 6.13. The number of anilines is 2. The van der Waals surface area contributed by atoms with Gasteiger partial charge in [0.25, 0.3) is 5.91 Å². The van der Waals surface area contributed by atoms with Crippen LogP contribution in [0.15, 0.2) is 53.7 Å². The predicted octanol–water partition coefficient (Wildman–Crippen LogP) is 3.04. The molecule has 1 aliphatic heterocycles. The van der Waals surface area contributed by atoms with Crippen LogP contribution in [0.5, 0.6) is 0 Å². The van der Waals surface area contributed by atoms with Gasteiger partial charge in [0.05, 0.1) is 5.69 Å². The Hall–Kier alpha value is -2.78. The van der Waals surface area contributed by atoms with Crippen LogP contribution in [0.25, 0.3) is 10.6 Å². The summed E-state index contributed by atoms with van der Waals surface area (Å²) in [6, 6.07) is 11.0. The molecule has 0 saturated carbocycles. The van der Waals surface area contributed by atoms with Crippen LogP contribution in [0, 0.1) is 0 Å². The fraction of sp³-hybridized carbons (Fsp3) is 0.118. The van der Waals surface area contributed by atoms with E-state index in [0.717, 1.165) is 10.5 Å². The van der Waals surface area contributed by atoms with E-state index < -0.39 is 10.7 Å². The predicted molar refractivity (Wildman–Crippen MR) is 101 cm³/mol. The van der Waals surface area contributed by atoms with Crippen molar-refractivity contribution in [3.8, 4) is 10.6 Å². The number of carbonyl (C=O) groups is 2. The molecule has 7 nitrogen and oxygen atoms in total. The normalized spacial score (nSPS) is 18.7. The first-order chi connectivity index (χ1) is 12.6. The van der Waals surface area contributed by atoms with Crippen molar-refractivity contribution in [2.75, 3.05) is 10.6 Å². The number of amides is 2. The van der Waals surface area contributed by atoms with Crippen LogP contribution < -0.4 is 10.6 Å². The van der Waals surface area contributed by atoms with E-state index in [1.54, 1.807) is 19.3 Å². The molecule has 0 aliphatic carbocycles. The second-order valence-electron chi connectivity index (χ2n) is 5.69. The summed E-state index contributed by atoms with van der Waals surface area (Å²) in [5.41, 5.74) is 1.58. The molecule has 2 amide bonds. The Morgan fingerprint density at radius 3 is 2.73 bits per heavy atom. The fourth-order valence-electron chi connectivity index (χ4n) is 2.42. The topological polar surface area (TPSA) is 96.9 Å². The van der Waals surface area contributed by atoms with E-state index in [0.29, 0.717) is 15.8 Å². The smallest absolute Gasteiger partial charge is 0.252 e. The lowest BCUT2D eigenvalue weighted by Gasteiger charge is -2.31. The van der Waals surface area contributed by atoms with Gasteiger partial charge >= 0.3 is 0 Å². The second kappa shape index (κ2) is 6.50. The zero-order chi connectivity index (χ0) is 18.1. The van der Waals surface area contributed by atoms with Gasteiger partial charge in [-0.3, -0.25) is 19.9 Å². The summed E-state index contributed by atoms with van der Waals surface area (Å²) < 4.78 is -1.29. The Balaban J connectivity index is 1.55. The summed E-state index contributed by atoms with van der Waals surface area (Å²) in [6.45, 7) is 1.60. The quantitative estimate of drug-likeness (QED) is 0.675. The molecule has 1 aliphatic rings. The van der Waals surface area contributed by atoms with E-state index in [9.17, 15) is 9.59 Å². The summed E-state index contributed by atoms with van der Waals surface area (Å²) in [6.07, 6.45) is 3.33. The lowest BCUT2D eigenvalue weighted by atomic mass is 10.1. The average molecular weight is 383 g/mol. The Morgan fingerprint density at radius 2 is 1.92 bits per heavy atom. The Morgan fingerprint density at radius 1 is 1.15 bits per heavy atom. The zero-order valence-corrected chi connectivity index (χ0v) is 15.2. The first-order valence-electron chi connectivity index (χ1n) is 7.71. The molecule has 0 bridgehead atoms. The van der Waals surface area contributed by atoms with Crippen molar-refractivity contribution in [3.05, 3.63) is 48.8 Å². The number of hydrogen-bond donors (Lipinski definition) is 2. The van der Waals surface area contributed by atoms with E-state index in [4.69, 9.17) is 0 Å². The summed E-state index contributed by atoms with van der Waals surface area (Å²) >= 11 is 2.46. The van der Waals surface area contributed by atoms with Crippen molar-refractivity contribution in [2.45, 2.75) is 16.6 Å². The highest BCUT2D eigenvalue weighted by Gasteiger charge is 2.46. The lowest BCUT2D eigenvalue weighted by molar-refractivity contribution is -0.126. The molecule has 2 N–H and O–H groups in total. The molecule has 0 saturated heterocycles. The molecule has 3 heterocycles. The monoisotopic (exact) mass is 383 g/mol. The number of carbonyl (C=O) groups excluding carboxylic acids is 2. The number of aromatic nitrogens is 3. The minimum atomic E-state index is -1.29. The summed E-state index contributed by atoms with van der Waals surface area (Å²) in [7, 11) is 0. The largest absolute Gasteiger partial charge is 0.323 e. The van der Waals surface area contributed by atoms with Gasteiger partial charge in [-0.15, -0.1) is 10.2 Å². The molecule has 26 heavy (non-hydrogen) atoms. The number of fused-ring (bicyclic) bond motifs is 1. The summed E-state index contributed by atoms with van der Waals surface area (Å²) in [5.74, 6) is -0.801. The van der Waals surface area contributed by atoms with Gasteiger partial charge in [-0.2, -0.15) is 0 Å². The van der Waals surface area contributed by atoms with Crippen LogP contribution in [0.1, 0.15) is 6.92 Å². The van der Waals surface area contributed by atoms with Crippen LogP contribution in [-0.4, -0.2) is 31.7 Å². The molecular weight excluding hydrogens is 370 g/mol. The van der Waals surface area contributed by atoms with Crippen molar-refractivity contribution >= 4 is 45.7 Å². The highest BCUT2D eigenvalue weighted by molar-refractivity contribution is 8.02. The standard InChI is InChI=1S/C17H13N5O2S2/c1-17(14(23)19-11-4-2-3-5-12(11)26-17)15(24)20-16-22-21-13(25-16)10-6-8-18-9-7-10/h2-9H,1H3,(H,19,23)(H,20,22,24). The molecule has 130 valence electrons. The molecule has 0 spiro atoms. The molecule has 2 aromatic heterocycles. The number of para-hydroxylation sites is 1. The molecule has 0 radical (unpaired) electrons. The minimum absolute atomic E-state index is 0.343. The summed E-state index contributed by atoms with van der Waals surface area (Å²) in [5, 5.41) is 14.6. The molecule has 1 atom stereocenters. The number of rotatable bonds is 3. The van der Waals surface area contributed by atoms with Gasteiger partial charge < -0.3 is 5.32 Å². The number of pyridine rings is 1. The molecular formula is C17H13N5O2S2. The lowest BCUT2D eigenvalue weighted by Crippen LogP contribution is -2.49. The summed E-state index contributed by atoms with van der Waals surface area (Å²) in [4.78, 5) is 30.1. The fourth-order valence-corrected chi connectivity index (χ4v) is 4.26. The van der Waals surface area contributed by atoms with Gasteiger partial charge in [0.2, 0.25) is 11.0 Å². The molecule has 1 aromatic carbocycles. The van der Waals surface area contributed by atoms with Crippen LogP contribution >= 0.6 is 23.1 Å². The van der Waals surface area contributed by atoms with Gasteiger partial charge in [-0.05, 0) is 31.2 Å². The maximum Gasteiger partial charge on any atom is 0.252 e. The van der Waals surface area contributed by atoms with Crippen molar-refractivity contribution < 1.29 is 9.59 Å². The highest BCUT2D eigenvalue weighted by atomic mass is 32.2. The van der Waals surface area contributed by atoms with Crippen LogP contribution in [-0.2, 0) is 9.59 Å². The Kier molecular flexibility index (Phi) is 4.17. The van der Waals surface area contributed by atoms with E-state index in [2.05, 4.69) is 25.8 Å². The number of thioether (sulfide) groups is 1. The average Bonchev–Trinajstić information content (AvgIpc) is 3.12. The molecule has 1 unspecified atom stereocenters. The van der Waals surface area contributed by atoms with Crippen molar-refractivity contribution in [2.24, 2.45) is 0 Å². The zero-order valence-electron chi connectivity index (χ0n) is 13.6. The number of hydrogen-bond acceptors (Lipinski definition) is 7. The van der Waals surface area contributed by atoms with Crippen molar-refractivity contribution in [3.63, 3.8) is 0 Å². The third kappa shape index (κ3) is 2.95. The second-order valence-corrected chi connectivity index (χ2v) is 8.13. The SMILES string of the molecule is CC1(C(=O)Nc2nnc(-c3ccncc3)s2)Sc2ccccc2NC1=O. The number of benzene rings is 1. The van der Waals surface area contributed by atoms with Crippen molar-refractivity contribution in [1.82, 2.24) is 15.2 Å². The molecule has 3 aromatic rings. The maximum absolute atomic E-state index is 12.8. The first kappa shape index (κ1) is 16.7. The van der Waals surface area contributed by atoms with E-state index in [-0.39, 0.29) is 5.91 Å². The Bertz CT molecular complexity index is 992. The highest BCUT2D eigenvalue weighted by Crippen LogP contribution is 2.43. The number of nitrogens with one attached hydrogen (secondary N) is 2.